The number of hydrogen-bond donors (Lipinski definition) is 2. The fourth-order valence-corrected chi connectivity index (χ4v) is 5.19. The lowest BCUT2D eigenvalue weighted by Crippen LogP contribution is -2.41. The molecule has 0 radical (unpaired) electrons. The molecule has 1 fully saturated rings. The van der Waals surface area contributed by atoms with Crippen LogP contribution in [0.25, 0.3) is 5.69 Å². The Hall–Kier alpha value is -3.81. The highest BCUT2D eigenvalue weighted by molar-refractivity contribution is 7.13. The number of anilines is 1. The van der Waals surface area contributed by atoms with E-state index in [2.05, 4.69) is 25.9 Å². The van der Waals surface area contributed by atoms with Crippen LogP contribution >= 0.6 is 11.3 Å². The highest BCUT2D eigenvalue weighted by Gasteiger charge is 2.39. The van der Waals surface area contributed by atoms with Crippen molar-refractivity contribution < 1.29 is 27.6 Å². The molecular formula is C25H28F3N7O3S. The van der Waals surface area contributed by atoms with Gasteiger partial charge < -0.3 is 10.6 Å². The standard InChI is InChI=1S/C25H28F3N7O3S/c1-2-34(24-32-31-15-39-24)23(38)17-10-8-16(9-11-17)21(36)29-12-13-30-22(37)19-14-35(18-6-4-3-5-7-18)33-20(19)25(26,27)28/h3-7,14-17H,2,8-13H2,1H3,(H,29,36)(H,30,37)/t16-,17-. The van der Waals surface area contributed by atoms with Crippen molar-refractivity contribution in [1.29, 1.82) is 0 Å². The summed E-state index contributed by atoms with van der Waals surface area (Å²) in [5.74, 6) is -1.64. The average molecular weight is 564 g/mol. The molecule has 14 heteroatoms. The second-order valence-electron chi connectivity index (χ2n) is 9.07. The number of benzene rings is 1. The Bertz CT molecular complexity index is 1270. The van der Waals surface area contributed by atoms with Gasteiger partial charge in [-0.05, 0) is 44.7 Å². The van der Waals surface area contributed by atoms with Crippen LogP contribution in [0.5, 0.6) is 0 Å². The first-order chi connectivity index (χ1) is 18.7. The largest absolute Gasteiger partial charge is 0.435 e. The predicted octanol–water partition coefficient (Wildman–Crippen LogP) is 3.45. The van der Waals surface area contributed by atoms with Crippen molar-refractivity contribution in [2.75, 3.05) is 24.5 Å². The molecule has 2 heterocycles. The van der Waals surface area contributed by atoms with Crippen LogP contribution in [0.4, 0.5) is 18.3 Å². The summed E-state index contributed by atoms with van der Waals surface area (Å²) in [5, 5.41) is 17.0. The van der Waals surface area contributed by atoms with E-state index in [-0.39, 0.29) is 36.7 Å². The number of nitrogens with one attached hydrogen (secondary N) is 2. The zero-order chi connectivity index (χ0) is 28.0. The normalized spacial score (nSPS) is 17.4. The molecule has 3 aromatic rings. The van der Waals surface area contributed by atoms with Crippen LogP contribution in [0.3, 0.4) is 0 Å². The maximum Gasteiger partial charge on any atom is 0.435 e. The number of carbonyl (C=O) groups is 3. The number of rotatable bonds is 9. The third-order valence-electron chi connectivity index (χ3n) is 6.57. The summed E-state index contributed by atoms with van der Waals surface area (Å²) >= 11 is 1.30. The van der Waals surface area contributed by atoms with Crippen LogP contribution in [0.1, 0.15) is 48.7 Å². The van der Waals surface area contributed by atoms with Gasteiger partial charge in [-0.25, -0.2) is 4.68 Å². The summed E-state index contributed by atoms with van der Waals surface area (Å²) in [4.78, 5) is 39.7. The number of alkyl halides is 3. The molecule has 0 unspecified atom stereocenters. The number of halogens is 3. The molecule has 1 aliphatic rings. The van der Waals surface area contributed by atoms with E-state index in [9.17, 15) is 27.6 Å². The monoisotopic (exact) mass is 563 g/mol. The molecule has 3 amide bonds. The summed E-state index contributed by atoms with van der Waals surface area (Å²) in [7, 11) is 0. The Kier molecular flexibility index (Phi) is 8.94. The molecule has 39 heavy (non-hydrogen) atoms. The van der Waals surface area contributed by atoms with Gasteiger partial charge in [0.2, 0.25) is 16.9 Å². The second kappa shape index (κ2) is 12.4. The molecule has 0 spiro atoms. The lowest BCUT2D eigenvalue weighted by atomic mass is 9.81. The third-order valence-corrected chi connectivity index (χ3v) is 7.28. The fraction of sp³-hybridized carbons (Fsp3) is 0.440. The number of para-hydroxylation sites is 1. The zero-order valence-electron chi connectivity index (χ0n) is 21.1. The van der Waals surface area contributed by atoms with Gasteiger partial charge in [-0.3, -0.25) is 19.3 Å². The minimum Gasteiger partial charge on any atom is -0.354 e. The van der Waals surface area contributed by atoms with E-state index in [1.165, 1.54) is 11.3 Å². The first kappa shape index (κ1) is 28.2. The Morgan fingerprint density at radius 2 is 1.72 bits per heavy atom. The molecule has 2 N–H and O–H groups in total. The van der Waals surface area contributed by atoms with Crippen molar-refractivity contribution in [3.8, 4) is 5.69 Å². The molecule has 0 aliphatic heterocycles. The molecular weight excluding hydrogens is 535 g/mol. The van der Waals surface area contributed by atoms with E-state index in [4.69, 9.17) is 0 Å². The van der Waals surface area contributed by atoms with Crippen molar-refractivity contribution >= 4 is 34.2 Å². The van der Waals surface area contributed by atoms with Crippen LogP contribution in [-0.2, 0) is 15.8 Å². The highest BCUT2D eigenvalue weighted by Crippen LogP contribution is 2.32. The van der Waals surface area contributed by atoms with E-state index >= 15 is 0 Å². The molecule has 1 aromatic carbocycles. The first-order valence-corrected chi connectivity index (χ1v) is 13.4. The van der Waals surface area contributed by atoms with Crippen LogP contribution in [0, 0.1) is 11.8 Å². The molecule has 1 aliphatic carbocycles. The summed E-state index contributed by atoms with van der Waals surface area (Å²) < 4.78 is 41.5. The van der Waals surface area contributed by atoms with Gasteiger partial charge >= 0.3 is 6.18 Å². The van der Waals surface area contributed by atoms with Crippen molar-refractivity contribution in [3.63, 3.8) is 0 Å². The zero-order valence-corrected chi connectivity index (χ0v) is 22.0. The molecule has 10 nitrogen and oxygen atoms in total. The molecule has 0 saturated heterocycles. The van der Waals surface area contributed by atoms with E-state index < -0.39 is 23.3 Å². The molecule has 0 bridgehead atoms. The molecule has 2 aromatic heterocycles. The lowest BCUT2D eigenvalue weighted by Gasteiger charge is -2.30. The minimum absolute atomic E-state index is 0.0235. The van der Waals surface area contributed by atoms with Gasteiger partial charge in [-0.2, -0.15) is 18.3 Å². The highest BCUT2D eigenvalue weighted by atomic mass is 32.1. The van der Waals surface area contributed by atoms with Crippen LogP contribution in [0.15, 0.2) is 42.0 Å². The average Bonchev–Trinajstić information content (AvgIpc) is 3.63. The topological polar surface area (TPSA) is 122 Å². The number of aromatic nitrogens is 4. The summed E-state index contributed by atoms with van der Waals surface area (Å²) in [6, 6.07) is 8.17. The lowest BCUT2D eigenvalue weighted by molar-refractivity contribution is -0.141. The maximum atomic E-state index is 13.5. The Morgan fingerprint density at radius 1 is 1.05 bits per heavy atom. The van der Waals surface area contributed by atoms with Gasteiger partial charge in [0.15, 0.2) is 5.69 Å². The van der Waals surface area contributed by atoms with Crippen molar-refractivity contribution in [1.82, 2.24) is 30.6 Å². The number of hydrogen-bond acceptors (Lipinski definition) is 7. The van der Waals surface area contributed by atoms with E-state index in [1.54, 1.807) is 40.7 Å². The van der Waals surface area contributed by atoms with Gasteiger partial charge in [0.05, 0.1) is 11.3 Å². The Morgan fingerprint density at radius 3 is 2.33 bits per heavy atom. The van der Waals surface area contributed by atoms with E-state index in [0.717, 1.165) is 10.9 Å². The first-order valence-electron chi connectivity index (χ1n) is 12.5. The summed E-state index contributed by atoms with van der Waals surface area (Å²) in [6.07, 6.45) is -1.57. The SMILES string of the molecule is CCN(c1nncs1)C(=O)[C@H]1CC[C@H](C(=O)NCCNC(=O)c2cn(-c3ccccc3)nc2C(F)(F)F)CC1. The van der Waals surface area contributed by atoms with Gasteiger partial charge in [0, 0.05) is 37.7 Å². The second-order valence-corrected chi connectivity index (χ2v) is 9.88. The van der Waals surface area contributed by atoms with E-state index in [0.29, 0.717) is 43.0 Å². The number of amides is 3. The Labute approximate surface area is 226 Å². The van der Waals surface area contributed by atoms with Gasteiger partial charge in [-0.1, -0.05) is 29.5 Å². The predicted molar refractivity (Wildman–Crippen MR) is 137 cm³/mol. The number of carbonyl (C=O) groups excluding carboxylic acids is 3. The Balaban J connectivity index is 1.25. The molecule has 1 saturated carbocycles. The van der Waals surface area contributed by atoms with Crippen LogP contribution in [0.2, 0.25) is 0 Å². The fourth-order valence-electron chi connectivity index (χ4n) is 4.56. The molecule has 208 valence electrons. The minimum atomic E-state index is -4.81. The smallest absolute Gasteiger partial charge is 0.354 e. The van der Waals surface area contributed by atoms with Crippen molar-refractivity contribution in [2.24, 2.45) is 11.8 Å². The number of nitrogens with zero attached hydrogens (tertiary/aromatic N) is 5. The van der Waals surface area contributed by atoms with Gasteiger partial charge in [0.25, 0.3) is 5.91 Å². The maximum absolute atomic E-state index is 13.5. The summed E-state index contributed by atoms with van der Waals surface area (Å²) in [6.45, 7) is 2.35. The van der Waals surface area contributed by atoms with Gasteiger partial charge in [-0.15, -0.1) is 10.2 Å². The quantitative estimate of drug-likeness (QED) is 0.385. The molecule has 4 rings (SSSR count). The van der Waals surface area contributed by atoms with Crippen molar-refractivity contribution in [3.05, 3.63) is 53.3 Å². The molecule has 0 atom stereocenters. The summed E-state index contributed by atoms with van der Waals surface area (Å²) in [5.41, 5.74) is 0.0672. The van der Waals surface area contributed by atoms with Crippen molar-refractivity contribution in [2.45, 2.75) is 38.8 Å². The van der Waals surface area contributed by atoms with E-state index in [1.807, 2.05) is 6.92 Å². The van der Waals surface area contributed by atoms with Gasteiger partial charge in [0.1, 0.15) is 5.51 Å². The van der Waals surface area contributed by atoms with Crippen LogP contribution < -0.4 is 15.5 Å². The van der Waals surface area contributed by atoms with Crippen LogP contribution in [-0.4, -0.2) is 57.3 Å². The third kappa shape index (κ3) is 6.80.